The number of hydrogen-bond donors (Lipinski definition) is 0. The van der Waals surface area contributed by atoms with Crippen LogP contribution in [0, 0.1) is 0 Å². The molecule has 0 aliphatic rings. The van der Waals surface area contributed by atoms with Gasteiger partial charge in [-0.3, -0.25) is 0 Å². The highest BCUT2D eigenvalue weighted by Crippen LogP contribution is 2.64. The molecule has 0 aromatic rings. The van der Waals surface area contributed by atoms with Gasteiger partial charge in [0.05, 0.1) is 0 Å². The summed E-state index contributed by atoms with van der Waals surface area (Å²) in [6.45, 7) is -0.267. The molecule has 0 aliphatic carbocycles. The first-order valence-corrected chi connectivity index (χ1v) is 8.97. The molecule has 0 N–H and O–H groups in total. The maximum Gasteiger partial charge on any atom is 0.437 e. The zero-order chi connectivity index (χ0) is 32.4. The summed E-state index contributed by atoms with van der Waals surface area (Å²) in [7, 11) is 0. The van der Waals surface area contributed by atoms with Gasteiger partial charge in [0.2, 0.25) is 12.3 Å². The van der Waals surface area contributed by atoms with Crippen molar-refractivity contribution in [1.82, 2.24) is 0 Å². The molecule has 24 heteroatoms. The van der Waals surface area contributed by atoms with E-state index < -0.39 is 82.9 Å². The fourth-order valence-corrected chi connectivity index (χ4v) is 2.70. The van der Waals surface area contributed by atoms with E-state index in [0.29, 0.717) is 0 Å². The van der Waals surface area contributed by atoms with Crippen LogP contribution in [0.4, 0.5) is 101 Å². The second-order valence-corrected chi connectivity index (χ2v) is 7.69. The van der Waals surface area contributed by atoms with Crippen LogP contribution in [0.25, 0.3) is 0 Å². The Morgan fingerprint density at radius 3 is 1.13 bits per heavy atom. The van der Waals surface area contributed by atoms with E-state index in [9.17, 15) is 101 Å². The van der Waals surface area contributed by atoms with Crippen LogP contribution in [0.3, 0.4) is 0 Å². The number of alkyl halides is 22. The van der Waals surface area contributed by atoms with Gasteiger partial charge in [-0.2, -0.15) is 70.2 Å². The number of hydrogen-bond acceptors (Lipinski definition) is 0. The van der Waals surface area contributed by atoms with Crippen LogP contribution < -0.4 is 0 Å². The van der Waals surface area contributed by atoms with Gasteiger partial charge in [-0.25, -0.2) is 30.7 Å². The first-order chi connectivity index (χ1) is 16.6. The fourth-order valence-electron chi connectivity index (χ4n) is 2.58. The van der Waals surface area contributed by atoms with Crippen molar-refractivity contribution >= 4 is 11.6 Å². The van der Waals surface area contributed by atoms with Gasteiger partial charge in [0.25, 0.3) is 6.43 Å². The molecule has 0 aliphatic heterocycles. The summed E-state index contributed by atoms with van der Waals surface area (Å²) in [6, 6.07) is 0. The Hall–Kier alpha value is -1.58. The Balaban J connectivity index is 7.36. The van der Waals surface area contributed by atoms with Crippen molar-refractivity contribution in [2.75, 3.05) is 0 Å². The van der Waals surface area contributed by atoms with Crippen molar-refractivity contribution in [2.45, 2.75) is 79.0 Å². The molecule has 0 radical (unpaired) electrons. The van der Waals surface area contributed by atoms with Crippen molar-refractivity contribution in [3.05, 3.63) is 10.9 Å². The Bertz CT molecular complexity index is 893. The van der Waals surface area contributed by atoms with Gasteiger partial charge < -0.3 is 0 Å². The number of halogens is 24. The standard InChI is InChI=1S/C15H6ClF23/c1-2(17)3(16)9(25,26)11(29,30)5(19)7(22,23)4(18)10(27,28)8(24,6(20)21)13(32,33)12(31,14(34,35)36)15(37,38)39/h4-6H,1H3. The molecule has 0 aromatic carbocycles. The van der Waals surface area contributed by atoms with Crippen LogP contribution in [-0.2, 0) is 0 Å². The number of rotatable bonds is 10. The second-order valence-electron chi connectivity index (χ2n) is 7.31. The molecule has 0 nitrogen and oxygen atoms in total. The summed E-state index contributed by atoms with van der Waals surface area (Å²) < 4.78 is 306. The van der Waals surface area contributed by atoms with Crippen LogP contribution in [0.1, 0.15) is 6.92 Å². The number of allylic oxidation sites excluding steroid dienone is 2. The second kappa shape index (κ2) is 10.1. The Morgan fingerprint density at radius 1 is 0.564 bits per heavy atom. The van der Waals surface area contributed by atoms with Gasteiger partial charge in [0.1, 0.15) is 10.9 Å². The van der Waals surface area contributed by atoms with E-state index in [1.165, 1.54) is 0 Å². The molecule has 0 fully saturated rings. The van der Waals surface area contributed by atoms with E-state index in [1.807, 2.05) is 0 Å². The lowest BCUT2D eigenvalue weighted by Crippen LogP contribution is -2.79. The van der Waals surface area contributed by atoms with Gasteiger partial charge in [-0.1, -0.05) is 11.6 Å². The van der Waals surface area contributed by atoms with Gasteiger partial charge in [-0.05, 0) is 6.92 Å². The summed E-state index contributed by atoms with van der Waals surface area (Å²) in [5, 5.41) is -3.23. The maximum absolute atomic E-state index is 14.2. The maximum atomic E-state index is 14.2. The fraction of sp³-hybridized carbons (Fsp3) is 0.867. The smallest absolute Gasteiger partial charge is 0.234 e. The van der Waals surface area contributed by atoms with Crippen LogP contribution in [0.15, 0.2) is 10.9 Å². The zero-order valence-electron chi connectivity index (χ0n) is 17.3. The van der Waals surface area contributed by atoms with Crippen molar-refractivity contribution in [3.63, 3.8) is 0 Å². The summed E-state index contributed by atoms with van der Waals surface area (Å²) >= 11 is 4.27. The van der Waals surface area contributed by atoms with Crippen molar-refractivity contribution in [2.24, 2.45) is 0 Å². The molecular weight excluding hydrogens is 653 g/mol. The van der Waals surface area contributed by atoms with Crippen LogP contribution in [-0.4, -0.2) is 72.1 Å². The topological polar surface area (TPSA) is 0 Å². The monoisotopic (exact) mass is 658 g/mol. The van der Waals surface area contributed by atoms with E-state index >= 15 is 0 Å². The lowest BCUT2D eigenvalue weighted by molar-refractivity contribution is -0.442. The zero-order valence-corrected chi connectivity index (χ0v) is 18.1. The van der Waals surface area contributed by atoms with Gasteiger partial charge in [-0.15, -0.1) is 0 Å². The molecule has 0 saturated heterocycles. The lowest BCUT2D eigenvalue weighted by Gasteiger charge is -2.46. The minimum absolute atomic E-state index is 0.267. The Labute approximate surface area is 203 Å². The van der Waals surface area contributed by atoms with E-state index in [1.54, 1.807) is 0 Å². The molecule has 0 spiro atoms. The molecule has 39 heavy (non-hydrogen) atoms. The van der Waals surface area contributed by atoms with Crippen molar-refractivity contribution < 1.29 is 101 Å². The van der Waals surface area contributed by atoms with Gasteiger partial charge in [0, 0.05) is 0 Å². The Kier molecular flexibility index (Phi) is 9.64. The highest BCUT2D eigenvalue weighted by Gasteiger charge is 2.96. The molecule has 0 aromatic heterocycles. The van der Waals surface area contributed by atoms with Gasteiger partial charge >= 0.3 is 53.3 Å². The highest BCUT2D eigenvalue weighted by atomic mass is 35.5. The molecule has 0 amide bonds. The Morgan fingerprint density at radius 2 is 0.872 bits per heavy atom. The molecule has 0 rings (SSSR count). The molecule has 0 saturated carbocycles. The third kappa shape index (κ3) is 5.05. The lowest BCUT2D eigenvalue weighted by atomic mass is 9.76. The minimum Gasteiger partial charge on any atom is -0.234 e. The largest absolute Gasteiger partial charge is 0.437 e. The van der Waals surface area contributed by atoms with Gasteiger partial charge in [0.15, 0.2) is 0 Å². The highest BCUT2D eigenvalue weighted by molar-refractivity contribution is 6.30. The summed E-state index contributed by atoms with van der Waals surface area (Å²) in [5.41, 5.74) is -17.7. The first kappa shape index (κ1) is 37.4. The SMILES string of the molecule is CC(F)=C(Cl)C(F)(F)C(F)(F)C(F)C(F)(F)C(F)C(F)(F)C(F)(C(F)F)C(F)(F)C(F)(C(F)(F)F)C(F)(F)F. The average Bonchev–Trinajstić information content (AvgIpc) is 2.73. The van der Waals surface area contributed by atoms with E-state index in [-0.39, 0.29) is 6.92 Å². The average molecular weight is 659 g/mol. The summed E-state index contributed by atoms with van der Waals surface area (Å²) in [6.07, 6.45) is -37.8. The molecule has 3 atom stereocenters. The van der Waals surface area contributed by atoms with Crippen molar-refractivity contribution in [3.8, 4) is 0 Å². The van der Waals surface area contributed by atoms with E-state index in [4.69, 9.17) is 0 Å². The molecule has 234 valence electrons. The normalized spacial score (nSPS) is 19.5. The quantitative estimate of drug-likeness (QED) is 0.206. The molecule has 3 unspecified atom stereocenters. The minimum atomic E-state index is -9.12. The van der Waals surface area contributed by atoms with E-state index in [2.05, 4.69) is 11.6 Å². The van der Waals surface area contributed by atoms with Crippen LogP contribution >= 0.6 is 11.6 Å². The van der Waals surface area contributed by atoms with Crippen LogP contribution in [0.5, 0.6) is 0 Å². The summed E-state index contributed by atoms with van der Waals surface area (Å²) in [5.74, 6) is -42.7. The molecular formula is C15H6ClF23. The molecule has 0 bridgehead atoms. The first-order valence-electron chi connectivity index (χ1n) is 8.60. The molecule has 0 heterocycles. The predicted octanol–water partition coefficient (Wildman–Crippen LogP) is 9.09. The van der Waals surface area contributed by atoms with Crippen LogP contribution in [0.2, 0.25) is 0 Å². The third-order valence-electron chi connectivity index (χ3n) is 4.77. The van der Waals surface area contributed by atoms with Crippen molar-refractivity contribution in [1.29, 1.82) is 0 Å². The third-order valence-corrected chi connectivity index (χ3v) is 5.26. The van der Waals surface area contributed by atoms with E-state index in [0.717, 1.165) is 0 Å². The predicted molar refractivity (Wildman–Crippen MR) is 80.0 cm³/mol. The summed E-state index contributed by atoms with van der Waals surface area (Å²) in [4.78, 5) is 0.